The molecule has 19 heavy (non-hydrogen) atoms. The SMILES string of the molecule is CCCCCSCCC(N)(C(N)=O)c1ccccc1. The molecular weight excluding hydrogens is 256 g/mol. The molecule has 0 saturated heterocycles. The van der Waals surface area contributed by atoms with Crippen molar-refractivity contribution in [2.45, 2.75) is 38.1 Å². The summed E-state index contributed by atoms with van der Waals surface area (Å²) in [5, 5.41) is 0. The van der Waals surface area contributed by atoms with E-state index < -0.39 is 11.4 Å². The summed E-state index contributed by atoms with van der Waals surface area (Å²) in [4.78, 5) is 11.7. The second-order valence-electron chi connectivity index (χ2n) is 4.77. The predicted octanol–water partition coefficient (Wildman–Crippen LogP) is 2.64. The van der Waals surface area contributed by atoms with E-state index in [2.05, 4.69) is 6.92 Å². The van der Waals surface area contributed by atoms with Gasteiger partial charge in [-0.25, -0.2) is 0 Å². The van der Waals surface area contributed by atoms with Crippen molar-refractivity contribution in [3.05, 3.63) is 35.9 Å². The van der Waals surface area contributed by atoms with Crippen molar-refractivity contribution in [1.82, 2.24) is 0 Å². The van der Waals surface area contributed by atoms with Gasteiger partial charge in [-0.2, -0.15) is 11.8 Å². The molecule has 0 fully saturated rings. The summed E-state index contributed by atoms with van der Waals surface area (Å²) in [7, 11) is 0. The van der Waals surface area contributed by atoms with E-state index in [9.17, 15) is 4.79 Å². The van der Waals surface area contributed by atoms with Crippen LogP contribution >= 0.6 is 11.8 Å². The van der Waals surface area contributed by atoms with Crippen LogP contribution in [0.3, 0.4) is 0 Å². The quantitative estimate of drug-likeness (QED) is 0.683. The highest BCUT2D eigenvalue weighted by Gasteiger charge is 2.33. The first kappa shape index (κ1) is 16.1. The van der Waals surface area contributed by atoms with Crippen LogP contribution in [0.2, 0.25) is 0 Å². The minimum Gasteiger partial charge on any atom is -0.368 e. The van der Waals surface area contributed by atoms with E-state index in [0.29, 0.717) is 6.42 Å². The average Bonchev–Trinajstić information content (AvgIpc) is 2.43. The topological polar surface area (TPSA) is 69.1 Å². The number of thioether (sulfide) groups is 1. The second-order valence-corrected chi connectivity index (χ2v) is 6.00. The number of hydrogen-bond acceptors (Lipinski definition) is 3. The Labute approximate surface area is 120 Å². The third-order valence-electron chi connectivity index (χ3n) is 3.26. The maximum atomic E-state index is 11.7. The molecular formula is C15H24N2OS. The molecule has 0 heterocycles. The average molecular weight is 280 g/mol. The van der Waals surface area contributed by atoms with E-state index in [0.717, 1.165) is 17.1 Å². The molecule has 3 nitrogen and oxygen atoms in total. The van der Waals surface area contributed by atoms with E-state index in [1.165, 1.54) is 19.3 Å². The zero-order valence-electron chi connectivity index (χ0n) is 11.6. The zero-order valence-corrected chi connectivity index (χ0v) is 12.4. The summed E-state index contributed by atoms with van der Waals surface area (Å²) in [6, 6.07) is 9.41. The Bertz CT molecular complexity index is 383. The van der Waals surface area contributed by atoms with Gasteiger partial charge in [-0.05, 0) is 29.9 Å². The molecule has 1 unspecified atom stereocenters. The maximum Gasteiger partial charge on any atom is 0.242 e. The molecule has 1 rings (SSSR count). The van der Waals surface area contributed by atoms with Crippen molar-refractivity contribution < 1.29 is 4.79 Å². The van der Waals surface area contributed by atoms with Gasteiger partial charge in [-0.15, -0.1) is 0 Å². The molecule has 4 heteroatoms. The molecule has 1 aromatic carbocycles. The largest absolute Gasteiger partial charge is 0.368 e. The summed E-state index contributed by atoms with van der Waals surface area (Å²) < 4.78 is 0. The van der Waals surface area contributed by atoms with Gasteiger partial charge < -0.3 is 11.5 Å². The van der Waals surface area contributed by atoms with Crippen molar-refractivity contribution in [2.75, 3.05) is 11.5 Å². The number of unbranched alkanes of at least 4 members (excludes halogenated alkanes) is 2. The van der Waals surface area contributed by atoms with Crippen molar-refractivity contribution in [2.24, 2.45) is 11.5 Å². The molecule has 0 aliphatic heterocycles. The molecule has 1 amide bonds. The van der Waals surface area contributed by atoms with Crippen LogP contribution < -0.4 is 11.5 Å². The smallest absolute Gasteiger partial charge is 0.242 e. The molecule has 0 saturated carbocycles. The number of nitrogens with two attached hydrogens (primary N) is 2. The summed E-state index contributed by atoms with van der Waals surface area (Å²) in [6.07, 6.45) is 4.30. The van der Waals surface area contributed by atoms with Crippen LogP contribution in [0.1, 0.15) is 38.2 Å². The number of primary amides is 1. The van der Waals surface area contributed by atoms with Crippen LogP contribution in [0, 0.1) is 0 Å². The van der Waals surface area contributed by atoms with Crippen LogP contribution in [-0.4, -0.2) is 17.4 Å². The fourth-order valence-corrected chi connectivity index (χ4v) is 3.01. The lowest BCUT2D eigenvalue weighted by molar-refractivity contribution is -0.123. The molecule has 0 bridgehead atoms. The highest BCUT2D eigenvalue weighted by atomic mass is 32.2. The molecule has 0 radical (unpaired) electrons. The van der Waals surface area contributed by atoms with Gasteiger partial charge in [0.25, 0.3) is 0 Å². The lowest BCUT2D eigenvalue weighted by Crippen LogP contribution is -2.49. The highest BCUT2D eigenvalue weighted by molar-refractivity contribution is 7.99. The van der Waals surface area contributed by atoms with Crippen molar-refractivity contribution in [3.63, 3.8) is 0 Å². The fourth-order valence-electron chi connectivity index (χ4n) is 1.93. The van der Waals surface area contributed by atoms with Crippen LogP contribution in [0.5, 0.6) is 0 Å². The van der Waals surface area contributed by atoms with E-state index in [4.69, 9.17) is 11.5 Å². The Balaban J connectivity index is 2.52. The van der Waals surface area contributed by atoms with Gasteiger partial charge >= 0.3 is 0 Å². The molecule has 106 valence electrons. The van der Waals surface area contributed by atoms with Gasteiger partial charge in [-0.1, -0.05) is 50.1 Å². The molecule has 4 N–H and O–H groups in total. The number of benzene rings is 1. The number of rotatable bonds is 9. The van der Waals surface area contributed by atoms with Crippen LogP contribution in [0.15, 0.2) is 30.3 Å². The number of amides is 1. The number of carbonyl (C=O) groups is 1. The van der Waals surface area contributed by atoms with Crippen LogP contribution in [-0.2, 0) is 10.3 Å². The molecule has 0 aromatic heterocycles. The minimum atomic E-state index is -1.04. The summed E-state index contributed by atoms with van der Waals surface area (Å²) >= 11 is 1.84. The molecule has 0 aliphatic rings. The normalized spacial score (nSPS) is 14.0. The highest BCUT2D eigenvalue weighted by Crippen LogP contribution is 2.24. The molecule has 0 aliphatic carbocycles. The Morgan fingerprint density at radius 3 is 2.47 bits per heavy atom. The fraction of sp³-hybridized carbons (Fsp3) is 0.533. The maximum absolute atomic E-state index is 11.7. The van der Waals surface area contributed by atoms with Crippen molar-refractivity contribution in [3.8, 4) is 0 Å². The van der Waals surface area contributed by atoms with Crippen LogP contribution in [0.25, 0.3) is 0 Å². The van der Waals surface area contributed by atoms with Gasteiger partial charge in [-0.3, -0.25) is 4.79 Å². The Morgan fingerprint density at radius 1 is 1.21 bits per heavy atom. The first-order valence-electron chi connectivity index (χ1n) is 6.83. The van der Waals surface area contributed by atoms with E-state index >= 15 is 0 Å². The third-order valence-corrected chi connectivity index (χ3v) is 4.33. The molecule has 0 spiro atoms. The summed E-state index contributed by atoms with van der Waals surface area (Å²) in [5.74, 6) is 1.53. The number of carbonyl (C=O) groups excluding carboxylic acids is 1. The Kier molecular flexibility index (Phi) is 6.95. The second kappa shape index (κ2) is 8.23. The van der Waals surface area contributed by atoms with E-state index in [1.807, 2.05) is 42.1 Å². The Hall–Kier alpha value is -1.00. The standard InChI is InChI=1S/C15H24N2OS/c1-2-3-7-11-19-12-10-15(17,14(16)18)13-8-5-4-6-9-13/h4-6,8-9H,2-3,7,10-12,17H2,1H3,(H2,16,18). The van der Waals surface area contributed by atoms with Gasteiger partial charge in [0.15, 0.2) is 0 Å². The first-order chi connectivity index (χ1) is 9.11. The predicted molar refractivity (Wildman–Crippen MR) is 83.0 cm³/mol. The first-order valence-corrected chi connectivity index (χ1v) is 7.98. The van der Waals surface area contributed by atoms with E-state index in [1.54, 1.807) is 0 Å². The molecule has 1 atom stereocenters. The van der Waals surface area contributed by atoms with Gasteiger partial charge in [0.05, 0.1) is 0 Å². The summed E-state index contributed by atoms with van der Waals surface area (Å²) in [6.45, 7) is 2.19. The van der Waals surface area contributed by atoms with Gasteiger partial charge in [0.2, 0.25) is 5.91 Å². The minimum absolute atomic E-state index is 0.451. The van der Waals surface area contributed by atoms with Gasteiger partial charge in [0, 0.05) is 0 Å². The van der Waals surface area contributed by atoms with Gasteiger partial charge in [0.1, 0.15) is 5.54 Å². The van der Waals surface area contributed by atoms with Crippen LogP contribution in [0.4, 0.5) is 0 Å². The Morgan fingerprint density at radius 2 is 1.89 bits per heavy atom. The third kappa shape index (κ3) is 4.88. The lowest BCUT2D eigenvalue weighted by atomic mass is 9.88. The zero-order chi connectivity index (χ0) is 14.1. The monoisotopic (exact) mass is 280 g/mol. The molecule has 1 aromatic rings. The summed E-state index contributed by atoms with van der Waals surface area (Å²) in [5.41, 5.74) is 11.5. The lowest BCUT2D eigenvalue weighted by Gasteiger charge is -2.26. The van der Waals surface area contributed by atoms with Crippen molar-refractivity contribution >= 4 is 17.7 Å². The number of hydrogen-bond donors (Lipinski definition) is 2. The van der Waals surface area contributed by atoms with E-state index in [-0.39, 0.29) is 0 Å². The van der Waals surface area contributed by atoms with Crippen molar-refractivity contribution in [1.29, 1.82) is 0 Å².